The topological polar surface area (TPSA) is 17.1 Å². The van der Waals surface area contributed by atoms with E-state index in [9.17, 15) is 4.79 Å². The lowest BCUT2D eigenvalue weighted by Crippen LogP contribution is -2.52. The molecule has 2 heteroatoms. The third-order valence-electron chi connectivity index (χ3n) is 9.08. The van der Waals surface area contributed by atoms with Crippen molar-refractivity contribution in [1.82, 2.24) is 0 Å². The molecule has 0 saturated heterocycles. The molecule has 140 valence electrons. The van der Waals surface area contributed by atoms with Crippen molar-refractivity contribution in [2.75, 3.05) is 0 Å². The van der Waals surface area contributed by atoms with Crippen molar-refractivity contribution >= 4 is 23.2 Å². The summed E-state index contributed by atoms with van der Waals surface area (Å²) in [5.41, 5.74) is 1.60. The van der Waals surface area contributed by atoms with Crippen LogP contribution in [-0.2, 0) is 4.79 Å². The fraction of sp³-hybridized carbons (Fsp3) is 0.708. The highest BCUT2D eigenvalue weighted by Gasteiger charge is 2.60. The van der Waals surface area contributed by atoms with Gasteiger partial charge < -0.3 is 0 Å². The first-order valence-corrected chi connectivity index (χ1v) is 11.7. The summed E-state index contributed by atoms with van der Waals surface area (Å²) in [4.78, 5) is 14.6. The minimum atomic E-state index is -0.0812. The average molecular weight is 369 g/mol. The Morgan fingerprint density at radius 3 is 2.77 bits per heavy atom. The maximum absolute atomic E-state index is 13.4. The van der Waals surface area contributed by atoms with Crippen LogP contribution in [0.15, 0.2) is 23.1 Å². The summed E-state index contributed by atoms with van der Waals surface area (Å²) >= 11 is 1.75. The Labute approximate surface area is 162 Å². The molecule has 0 aliphatic heterocycles. The lowest BCUT2D eigenvalue weighted by Gasteiger charge is -2.59. The Morgan fingerprint density at radius 2 is 1.96 bits per heavy atom. The second kappa shape index (κ2) is 6.06. The Morgan fingerprint density at radius 1 is 1.08 bits per heavy atom. The number of thiophene rings is 1. The Balaban J connectivity index is 1.47. The van der Waals surface area contributed by atoms with E-state index < -0.39 is 0 Å². The molecule has 5 rings (SSSR count). The molecule has 6 atom stereocenters. The zero-order chi connectivity index (χ0) is 17.9. The van der Waals surface area contributed by atoms with E-state index in [0.29, 0.717) is 17.1 Å². The standard InChI is InChI=1S/C24H32OS/c1-23-11-4-3-6-17(23)8-9-19-20(23)10-12-24(2)21(19)15-16(22(24)25)14-18-7-5-13-26-18/h5,7,13-14,17,19-21H,3-4,6,8-12,15H2,1-2H3/b16-14+/t17-,19+,20-,21-,23+,24-/m1/s1. The Hall–Kier alpha value is -0.890. The zero-order valence-electron chi connectivity index (χ0n) is 16.3. The van der Waals surface area contributed by atoms with Gasteiger partial charge >= 0.3 is 0 Å². The first-order valence-electron chi connectivity index (χ1n) is 10.8. The van der Waals surface area contributed by atoms with Crippen molar-refractivity contribution in [3.63, 3.8) is 0 Å². The molecule has 1 nitrogen and oxygen atoms in total. The van der Waals surface area contributed by atoms with Gasteiger partial charge in [-0.2, -0.15) is 0 Å². The fourth-order valence-electron chi connectivity index (χ4n) is 7.64. The Bertz CT molecular complexity index is 731. The third-order valence-corrected chi connectivity index (χ3v) is 9.90. The molecule has 0 radical (unpaired) electrons. The summed E-state index contributed by atoms with van der Waals surface area (Å²) in [6.45, 7) is 4.93. The number of allylic oxidation sites excluding steroid dienone is 1. The molecule has 1 aromatic rings. The third kappa shape index (κ3) is 2.37. The molecule has 0 N–H and O–H groups in total. The minimum Gasteiger partial charge on any atom is -0.294 e. The van der Waals surface area contributed by atoms with Gasteiger partial charge in [-0.3, -0.25) is 4.79 Å². The van der Waals surface area contributed by atoms with Gasteiger partial charge in [-0.15, -0.1) is 11.3 Å². The summed E-state index contributed by atoms with van der Waals surface area (Å²) in [5, 5.41) is 2.11. The summed E-state index contributed by atoms with van der Waals surface area (Å²) < 4.78 is 0. The molecule has 4 aliphatic rings. The van der Waals surface area contributed by atoms with Crippen molar-refractivity contribution in [1.29, 1.82) is 0 Å². The van der Waals surface area contributed by atoms with Crippen LogP contribution < -0.4 is 0 Å². The maximum Gasteiger partial charge on any atom is 0.165 e. The van der Waals surface area contributed by atoms with Gasteiger partial charge in [0.2, 0.25) is 0 Å². The molecule has 26 heavy (non-hydrogen) atoms. The summed E-state index contributed by atoms with van der Waals surface area (Å²) in [6.07, 6.45) is 14.2. The first kappa shape index (κ1) is 17.2. The highest BCUT2D eigenvalue weighted by atomic mass is 32.1. The van der Waals surface area contributed by atoms with Crippen LogP contribution in [0.25, 0.3) is 6.08 Å². The van der Waals surface area contributed by atoms with Gasteiger partial charge in [0.05, 0.1) is 0 Å². The number of hydrogen-bond donors (Lipinski definition) is 0. The van der Waals surface area contributed by atoms with Crippen molar-refractivity contribution in [3.8, 4) is 0 Å². The second-order valence-electron chi connectivity index (χ2n) is 10.1. The van der Waals surface area contributed by atoms with Gasteiger partial charge in [-0.05, 0) is 97.1 Å². The zero-order valence-corrected chi connectivity index (χ0v) is 17.1. The van der Waals surface area contributed by atoms with E-state index in [1.165, 1.54) is 49.8 Å². The number of Topliss-reactive ketones (excluding diaryl/α,β-unsaturated/α-hetero) is 1. The molecule has 0 unspecified atom stereocenters. The number of ketones is 1. The second-order valence-corrected chi connectivity index (χ2v) is 11.1. The van der Waals surface area contributed by atoms with Crippen LogP contribution in [0, 0.1) is 34.5 Å². The molecule has 1 aromatic heterocycles. The van der Waals surface area contributed by atoms with Crippen molar-refractivity contribution in [2.45, 2.75) is 71.6 Å². The molecule has 4 saturated carbocycles. The van der Waals surface area contributed by atoms with Crippen LogP contribution >= 0.6 is 11.3 Å². The van der Waals surface area contributed by atoms with E-state index in [1.807, 2.05) is 0 Å². The lowest BCUT2D eigenvalue weighted by molar-refractivity contribution is -0.137. The minimum absolute atomic E-state index is 0.0812. The van der Waals surface area contributed by atoms with Gasteiger partial charge in [0.1, 0.15) is 0 Å². The maximum atomic E-state index is 13.4. The largest absolute Gasteiger partial charge is 0.294 e. The van der Waals surface area contributed by atoms with Crippen LogP contribution in [0.3, 0.4) is 0 Å². The number of fused-ring (bicyclic) bond motifs is 5. The monoisotopic (exact) mass is 368 g/mol. The number of carbonyl (C=O) groups excluding carboxylic acids is 1. The van der Waals surface area contributed by atoms with Crippen molar-refractivity contribution < 1.29 is 4.79 Å². The van der Waals surface area contributed by atoms with E-state index in [4.69, 9.17) is 0 Å². The summed E-state index contributed by atoms with van der Waals surface area (Å²) in [5.74, 6) is 3.69. The molecular weight excluding hydrogens is 336 g/mol. The van der Waals surface area contributed by atoms with E-state index in [0.717, 1.165) is 36.2 Å². The number of rotatable bonds is 1. The van der Waals surface area contributed by atoms with Crippen molar-refractivity contribution in [3.05, 3.63) is 28.0 Å². The normalized spacial score (nSPS) is 46.7. The van der Waals surface area contributed by atoms with E-state index >= 15 is 0 Å². The molecule has 0 aromatic carbocycles. The predicted molar refractivity (Wildman–Crippen MR) is 109 cm³/mol. The molecule has 0 bridgehead atoms. The molecule has 1 heterocycles. The molecule has 4 fully saturated rings. The van der Waals surface area contributed by atoms with E-state index in [2.05, 4.69) is 37.4 Å². The summed E-state index contributed by atoms with van der Waals surface area (Å²) in [7, 11) is 0. The van der Waals surface area contributed by atoms with Crippen molar-refractivity contribution in [2.24, 2.45) is 34.5 Å². The Kier molecular flexibility index (Phi) is 4.01. The quantitative estimate of drug-likeness (QED) is 0.501. The van der Waals surface area contributed by atoms with Crippen LogP contribution in [-0.4, -0.2) is 5.78 Å². The van der Waals surface area contributed by atoms with Gasteiger partial charge in [0.25, 0.3) is 0 Å². The smallest absolute Gasteiger partial charge is 0.165 e. The number of hydrogen-bond acceptors (Lipinski definition) is 2. The first-order chi connectivity index (χ1) is 12.5. The van der Waals surface area contributed by atoms with Gasteiger partial charge in [-0.25, -0.2) is 0 Å². The molecule has 0 spiro atoms. The molecule has 0 amide bonds. The highest BCUT2D eigenvalue weighted by molar-refractivity contribution is 7.10. The van der Waals surface area contributed by atoms with Crippen LogP contribution in [0.2, 0.25) is 0 Å². The van der Waals surface area contributed by atoms with Gasteiger partial charge in [0.15, 0.2) is 5.78 Å². The van der Waals surface area contributed by atoms with Gasteiger partial charge in [-0.1, -0.05) is 32.8 Å². The van der Waals surface area contributed by atoms with E-state index in [-0.39, 0.29) is 5.41 Å². The van der Waals surface area contributed by atoms with E-state index in [1.54, 1.807) is 11.3 Å². The van der Waals surface area contributed by atoms with Crippen LogP contribution in [0.1, 0.15) is 76.5 Å². The number of carbonyl (C=O) groups is 1. The molecule has 4 aliphatic carbocycles. The lowest BCUT2D eigenvalue weighted by atomic mass is 9.45. The van der Waals surface area contributed by atoms with Crippen LogP contribution in [0.5, 0.6) is 0 Å². The highest BCUT2D eigenvalue weighted by Crippen LogP contribution is 2.66. The fourth-order valence-corrected chi connectivity index (χ4v) is 8.32. The SMILES string of the molecule is C[C@]12CCCC[C@@H]1CC[C@H]1[C@H]2CC[C@@]2(C)C(=O)/C(=C/c3cccs3)C[C@H]12. The van der Waals surface area contributed by atoms with Gasteiger partial charge in [0, 0.05) is 10.3 Å². The predicted octanol–water partition coefficient (Wildman–Crippen LogP) is 6.74. The molecular formula is C24H32OS. The summed E-state index contributed by atoms with van der Waals surface area (Å²) in [6, 6.07) is 4.23. The van der Waals surface area contributed by atoms with Crippen LogP contribution in [0.4, 0.5) is 0 Å². The average Bonchev–Trinajstić information content (AvgIpc) is 3.23.